The molecule has 1 aliphatic heterocycles. The first-order valence-electron chi connectivity index (χ1n) is 4.72. The van der Waals surface area contributed by atoms with Crippen LogP contribution in [0.1, 0.15) is 18.7 Å². The van der Waals surface area contributed by atoms with Crippen molar-refractivity contribution in [3.05, 3.63) is 18.2 Å². The molecule has 2 rings (SSSR count). The third-order valence-corrected chi connectivity index (χ3v) is 2.41. The smallest absolute Gasteiger partial charge is 0.122 e. The summed E-state index contributed by atoms with van der Waals surface area (Å²) in [6.07, 6.45) is 6.44. The first-order chi connectivity index (χ1) is 6.40. The molecule has 0 aromatic carbocycles. The van der Waals surface area contributed by atoms with E-state index in [2.05, 4.69) is 9.55 Å². The zero-order chi connectivity index (χ0) is 9.10. The molecule has 1 unspecified atom stereocenters. The van der Waals surface area contributed by atoms with Gasteiger partial charge in [-0.1, -0.05) is 0 Å². The van der Waals surface area contributed by atoms with Crippen molar-refractivity contribution in [3.63, 3.8) is 0 Å². The van der Waals surface area contributed by atoms with Gasteiger partial charge in [0.15, 0.2) is 0 Å². The second kappa shape index (κ2) is 3.89. The topological polar surface area (TPSA) is 53.1 Å². The van der Waals surface area contributed by atoms with E-state index in [9.17, 15) is 0 Å². The average molecular weight is 181 g/mol. The summed E-state index contributed by atoms with van der Waals surface area (Å²) in [7, 11) is 0. The molecule has 0 aliphatic carbocycles. The van der Waals surface area contributed by atoms with Crippen molar-refractivity contribution in [2.75, 3.05) is 6.61 Å². The molecule has 4 nitrogen and oxygen atoms in total. The van der Waals surface area contributed by atoms with Gasteiger partial charge in [0.05, 0.1) is 19.2 Å². The minimum atomic E-state index is 0.361. The standard InChI is InChI=1S/C9H15N3O/c10-6-9-11-3-4-12(9)7-8-2-1-5-13-8/h3-4,8H,1-2,5-7,10H2. The molecule has 1 fully saturated rings. The molecule has 0 spiro atoms. The molecule has 0 amide bonds. The van der Waals surface area contributed by atoms with E-state index in [1.165, 1.54) is 6.42 Å². The van der Waals surface area contributed by atoms with E-state index < -0.39 is 0 Å². The molecule has 1 atom stereocenters. The number of nitrogens with zero attached hydrogens (tertiary/aromatic N) is 2. The van der Waals surface area contributed by atoms with Crippen LogP contribution in [-0.2, 0) is 17.8 Å². The van der Waals surface area contributed by atoms with Crippen LogP contribution in [0, 0.1) is 0 Å². The molecular weight excluding hydrogens is 166 g/mol. The number of rotatable bonds is 3. The van der Waals surface area contributed by atoms with Crippen molar-refractivity contribution in [2.24, 2.45) is 5.73 Å². The molecule has 0 radical (unpaired) electrons. The molecule has 1 aromatic heterocycles. The lowest BCUT2D eigenvalue weighted by atomic mass is 10.2. The van der Waals surface area contributed by atoms with Crippen molar-refractivity contribution >= 4 is 0 Å². The number of ether oxygens (including phenoxy) is 1. The van der Waals surface area contributed by atoms with Gasteiger partial charge in [0.2, 0.25) is 0 Å². The van der Waals surface area contributed by atoms with E-state index in [-0.39, 0.29) is 0 Å². The van der Waals surface area contributed by atoms with E-state index in [0.717, 1.165) is 25.4 Å². The SMILES string of the molecule is NCc1nccn1CC1CCCO1. The number of nitrogens with two attached hydrogens (primary N) is 1. The van der Waals surface area contributed by atoms with Crippen molar-refractivity contribution in [3.8, 4) is 0 Å². The number of imidazole rings is 1. The maximum Gasteiger partial charge on any atom is 0.122 e. The number of hydrogen-bond donors (Lipinski definition) is 1. The maximum absolute atomic E-state index is 5.55. The van der Waals surface area contributed by atoms with Gasteiger partial charge < -0.3 is 15.0 Å². The Morgan fingerprint density at radius 2 is 2.62 bits per heavy atom. The van der Waals surface area contributed by atoms with Crippen LogP contribution in [0.5, 0.6) is 0 Å². The van der Waals surface area contributed by atoms with Crippen molar-refractivity contribution in [1.29, 1.82) is 0 Å². The summed E-state index contributed by atoms with van der Waals surface area (Å²) in [5.41, 5.74) is 5.55. The first kappa shape index (κ1) is 8.72. The molecule has 72 valence electrons. The Kier molecular flexibility index (Phi) is 2.61. The third kappa shape index (κ3) is 1.89. The van der Waals surface area contributed by atoms with Crippen molar-refractivity contribution in [1.82, 2.24) is 9.55 Å². The second-order valence-electron chi connectivity index (χ2n) is 3.33. The summed E-state index contributed by atoms with van der Waals surface area (Å²) in [5.74, 6) is 0.940. The van der Waals surface area contributed by atoms with Crippen LogP contribution < -0.4 is 5.73 Å². The monoisotopic (exact) mass is 181 g/mol. The van der Waals surface area contributed by atoms with Crippen molar-refractivity contribution in [2.45, 2.75) is 32.0 Å². The Labute approximate surface area is 77.7 Å². The molecule has 1 aliphatic rings. The molecular formula is C9H15N3O. The summed E-state index contributed by atoms with van der Waals surface area (Å²) in [6, 6.07) is 0. The summed E-state index contributed by atoms with van der Waals surface area (Å²) >= 11 is 0. The number of aromatic nitrogens is 2. The van der Waals surface area contributed by atoms with E-state index in [1.54, 1.807) is 6.20 Å². The van der Waals surface area contributed by atoms with Crippen molar-refractivity contribution < 1.29 is 4.74 Å². The van der Waals surface area contributed by atoms with Gasteiger partial charge in [-0.3, -0.25) is 0 Å². The summed E-state index contributed by atoms with van der Waals surface area (Å²) < 4.78 is 7.62. The first-order valence-corrected chi connectivity index (χ1v) is 4.72. The van der Waals surface area contributed by atoms with Crippen LogP contribution in [0.3, 0.4) is 0 Å². The van der Waals surface area contributed by atoms with E-state index in [0.29, 0.717) is 12.6 Å². The highest BCUT2D eigenvalue weighted by Gasteiger charge is 2.16. The Morgan fingerprint density at radius 3 is 3.31 bits per heavy atom. The van der Waals surface area contributed by atoms with Gasteiger partial charge >= 0.3 is 0 Å². The lowest BCUT2D eigenvalue weighted by Gasteiger charge is -2.11. The largest absolute Gasteiger partial charge is 0.376 e. The lowest BCUT2D eigenvalue weighted by Crippen LogP contribution is -2.17. The Hall–Kier alpha value is -0.870. The van der Waals surface area contributed by atoms with Gasteiger partial charge in [0.25, 0.3) is 0 Å². The van der Waals surface area contributed by atoms with Gasteiger partial charge in [-0.15, -0.1) is 0 Å². The molecule has 1 aromatic rings. The molecule has 0 saturated carbocycles. The van der Waals surface area contributed by atoms with Gasteiger partial charge in [-0.2, -0.15) is 0 Å². The highest BCUT2D eigenvalue weighted by atomic mass is 16.5. The summed E-state index contributed by atoms with van der Waals surface area (Å²) in [6.45, 7) is 2.30. The zero-order valence-corrected chi connectivity index (χ0v) is 7.65. The molecule has 4 heteroatoms. The second-order valence-corrected chi connectivity index (χ2v) is 3.33. The van der Waals surface area contributed by atoms with E-state index in [1.807, 2.05) is 6.20 Å². The van der Waals surface area contributed by atoms with Gasteiger partial charge in [-0.25, -0.2) is 4.98 Å². The minimum absolute atomic E-state index is 0.361. The third-order valence-electron chi connectivity index (χ3n) is 2.41. The predicted molar refractivity (Wildman–Crippen MR) is 49.1 cm³/mol. The molecule has 2 heterocycles. The molecule has 1 saturated heterocycles. The fourth-order valence-electron chi connectivity index (χ4n) is 1.70. The molecule has 0 bridgehead atoms. The fourth-order valence-corrected chi connectivity index (χ4v) is 1.70. The Bertz CT molecular complexity index is 266. The normalized spacial score (nSPS) is 22.4. The van der Waals surface area contributed by atoms with Gasteiger partial charge in [0, 0.05) is 19.0 Å². The quantitative estimate of drug-likeness (QED) is 0.739. The Balaban J connectivity index is 1.99. The fraction of sp³-hybridized carbons (Fsp3) is 0.667. The van der Waals surface area contributed by atoms with Crippen LogP contribution in [0.15, 0.2) is 12.4 Å². The highest BCUT2D eigenvalue weighted by molar-refractivity contribution is 4.92. The summed E-state index contributed by atoms with van der Waals surface area (Å²) in [5, 5.41) is 0. The summed E-state index contributed by atoms with van der Waals surface area (Å²) in [4.78, 5) is 4.16. The van der Waals surface area contributed by atoms with E-state index >= 15 is 0 Å². The number of hydrogen-bond acceptors (Lipinski definition) is 3. The lowest BCUT2D eigenvalue weighted by molar-refractivity contribution is 0.0963. The van der Waals surface area contributed by atoms with Crippen LogP contribution in [0.2, 0.25) is 0 Å². The zero-order valence-electron chi connectivity index (χ0n) is 7.65. The average Bonchev–Trinajstić information content (AvgIpc) is 2.76. The minimum Gasteiger partial charge on any atom is -0.376 e. The van der Waals surface area contributed by atoms with Crippen LogP contribution >= 0.6 is 0 Å². The van der Waals surface area contributed by atoms with Crippen LogP contribution in [-0.4, -0.2) is 22.3 Å². The van der Waals surface area contributed by atoms with Crippen LogP contribution in [0.25, 0.3) is 0 Å². The predicted octanol–water partition coefficient (Wildman–Crippen LogP) is 0.521. The maximum atomic E-state index is 5.55. The van der Waals surface area contributed by atoms with Gasteiger partial charge in [0.1, 0.15) is 5.82 Å². The van der Waals surface area contributed by atoms with E-state index in [4.69, 9.17) is 10.5 Å². The molecule has 2 N–H and O–H groups in total. The van der Waals surface area contributed by atoms with Gasteiger partial charge in [-0.05, 0) is 12.8 Å². The highest BCUT2D eigenvalue weighted by Crippen LogP contribution is 2.14. The molecule has 13 heavy (non-hydrogen) atoms. The Morgan fingerprint density at radius 1 is 1.69 bits per heavy atom. The van der Waals surface area contributed by atoms with Crippen LogP contribution in [0.4, 0.5) is 0 Å².